The highest BCUT2D eigenvalue weighted by molar-refractivity contribution is 5.91. The Kier molecular flexibility index (Phi) is 5.27. The monoisotopic (exact) mass is 379 g/mol. The van der Waals surface area contributed by atoms with Crippen LogP contribution >= 0.6 is 0 Å². The van der Waals surface area contributed by atoms with Gasteiger partial charge in [0.05, 0.1) is 0 Å². The molecule has 4 nitrogen and oxygen atoms in total. The fraction of sp³-hybridized carbons (Fsp3) is 0.391. The molecule has 5 heteroatoms. The predicted octanol–water partition coefficient (Wildman–Crippen LogP) is 4.63. The van der Waals surface area contributed by atoms with Crippen LogP contribution in [0.15, 0.2) is 42.6 Å². The third kappa shape index (κ3) is 3.85. The average molecular weight is 379 g/mol. The van der Waals surface area contributed by atoms with Crippen LogP contribution in [0.4, 0.5) is 4.39 Å². The zero-order valence-electron chi connectivity index (χ0n) is 16.1. The Bertz CT molecular complexity index is 969. The van der Waals surface area contributed by atoms with Gasteiger partial charge >= 0.3 is 0 Å². The Balaban J connectivity index is 1.52. The van der Waals surface area contributed by atoms with Crippen molar-refractivity contribution in [3.05, 3.63) is 54.0 Å². The summed E-state index contributed by atoms with van der Waals surface area (Å²) in [5.41, 5.74) is 9.54. The van der Waals surface area contributed by atoms with E-state index in [1.807, 2.05) is 12.1 Å². The van der Waals surface area contributed by atoms with Gasteiger partial charge in [-0.05, 0) is 86.1 Å². The lowest BCUT2D eigenvalue weighted by Crippen LogP contribution is -2.32. The van der Waals surface area contributed by atoms with E-state index in [-0.39, 0.29) is 17.8 Å². The smallest absolute Gasteiger partial charge is 0.140 e. The van der Waals surface area contributed by atoms with Crippen LogP contribution in [0.2, 0.25) is 0 Å². The summed E-state index contributed by atoms with van der Waals surface area (Å²) < 4.78 is 13.2. The van der Waals surface area contributed by atoms with Gasteiger partial charge in [-0.2, -0.15) is 0 Å². The number of benzene rings is 1. The number of ketones is 1. The van der Waals surface area contributed by atoms with Crippen LogP contribution < -0.4 is 5.73 Å². The zero-order valence-corrected chi connectivity index (χ0v) is 16.1. The zero-order chi connectivity index (χ0) is 19.7. The summed E-state index contributed by atoms with van der Waals surface area (Å²) in [7, 11) is 0. The van der Waals surface area contributed by atoms with E-state index in [1.54, 1.807) is 18.3 Å². The Morgan fingerprint density at radius 3 is 2.61 bits per heavy atom. The van der Waals surface area contributed by atoms with Crippen LogP contribution in [-0.2, 0) is 11.2 Å². The number of fused-ring (bicyclic) bond motifs is 1. The van der Waals surface area contributed by atoms with E-state index in [2.05, 4.69) is 16.9 Å². The molecule has 3 N–H and O–H groups in total. The summed E-state index contributed by atoms with van der Waals surface area (Å²) in [6.45, 7) is 2.06. The molecule has 28 heavy (non-hydrogen) atoms. The van der Waals surface area contributed by atoms with Crippen molar-refractivity contribution < 1.29 is 9.18 Å². The number of aromatic amines is 1. The van der Waals surface area contributed by atoms with E-state index in [0.29, 0.717) is 18.1 Å². The van der Waals surface area contributed by atoms with Gasteiger partial charge in [0.25, 0.3) is 0 Å². The minimum absolute atomic E-state index is 0.133. The normalized spacial score (nSPS) is 21.0. The minimum atomic E-state index is -0.261. The maximum absolute atomic E-state index is 13.2. The van der Waals surface area contributed by atoms with Gasteiger partial charge in [-0.25, -0.2) is 9.37 Å². The second kappa shape index (κ2) is 7.84. The van der Waals surface area contributed by atoms with Crippen molar-refractivity contribution in [3.8, 4) is 11.3 Å². The molecule has 0 bridgehead atoms. The van der Waals surface area contributed by atoms with Crippen LogP contribution in [0.25, 0.3) is 22.3 Å². The number of carbonyl (C=O) groups is 1. The van der Waals surface area contributed by atoms with E-state index in [4.69, 9.17) is 5.73 Å². The summed E-state index contributed by atoms with van der Waals surface area (Å²) in [6, 6.07) is 10.5. The lowest BCUT2D eigenvalue weighted by Gasteiger charge is -2.30. The highest BCUT2D eigenvalue weighted by Gasteiger charge is 2.28. The molecule has 0 saturated heterocycles. The highest BCUT2D eigenvalue weighted by Crippen LogP contribution is 2.32. The summed E-state index contributed by atoms with van der Waals surface area (Å²) in [6.07, 6.45) is 6.12. The first-order valence-corrected chi connectivity index (χ1v) is 10.0. The molecule has 1 aromatic carbocycles. The molecule has 1 aliphatic rings. The number of hydrogen-bond acceptors (Lipinski definition) is 3. The first-order chi connectivity index (χ1) is 13.5. The Hall–Kier alpha value is -2.53. The van der Waals surface area contributed by atoms with Crippen LogP contribution in [0.1, 0.15) is 38.2 Å². The third-order valence-electron chi connectivity index (χ3n) is 6.11. The van der Waals surface area contributed by atoms with Crippen molar-refractivity contribution >= 4 is 16.8 Å². The largest absolute Gasteiger partial charge is 0.339 e. The molecular weight excluding hydrogens is 353 g/mol. The van der Waals surface area contributed by atoms with Crippen molar-refractivity contribution in [3.63, 3.8) is 0 Å². The fourth-order valence-corrected chi connectivity index (χ4v) is 4.32. The predicted molar refractivity (Wildman–Crippen MR) is 109 cm³/mol. The topological polar surface area (TPSA) is 71.8 Å². The van der Waals surface area contributed by atoms with Crippen molar-refractivity contribution in [2.75, 3.05) is 0 Å². The Labute approximate surface area is 164 Å². The molecule has 0 amide bonds. The van der Waals surface area contributed by atoms with Crippen molar-refractivity contribution in [2.45, 2.75) is 45.1 Å². The van der Waals surface area contributed by atoms with Gasteiger partial charge in [0, 0.05) is 35.7 Å². The maximum Gasteiger partial charge on any atom is 0.140 e. The molecule has 1 fully saturated rings. The molecule has 146 valence electrons. The second-order valence-electron chi connectivity index (χ2n) is 8.04. The van der Waals surface area contributed by atoms with E-state index >= 15 is 0 Å². The number of Topliss-reactive ketones (excluding diaryl/α,β-unsaturated/α-hetero) is 1. The number of aromatic nitrogens is 2. The van der Waals surface area contributed by atoms with Crippen molar-refractivity contribution in [1.82, 2.24) is 9.97 Å². The molecule has 4 rings (SSSR count). The number of nitrogens with two attached hydrogens (primary N) is 1. The van der Waals surface area contributed by atoms with E-state index in [0.717, 1.165) is 53.5 Å². The van der Waals surface area contributed by atoms with Crippen molar-refractivity contribution in [2.24, 2.45) is 17.6 Å². The number of halogens is 1. The molecule has 1 atom stereocenters. The standard InChI is InChI=1S/C23H26FN3O/c1-14(25)15-2-4-17(5-3-15)22(28)12-18-10-11-26-23-20(18)13-21(27-23)16-6-8-19(24)9-7-16/h6-11,13-15,17H,2-5,12,25H2,1H3,(H,26,27)/t14-,15?,17?/m0/s1. The van der Waals surface area contributed by atoms with E-state index < -0.39 is 0 Å². The lowest BCUT2D eigenvalue weighted by molar-refractivity contribution is -0.123. The number of nitrogens with zero attached hydrogens (tertiary/aromatic N) is 1. The summed E-state index contributed by atoms with van der Waals surface area (Å²) >= 11 is 0. The van der Waals surface area contributed by atoms with Gasteiger partial charge in [0.2, 0.25) is 0 Å². The van der Waals surface area contributed by atoms with Gasteiger partial charge in [-0.1, -0.05) is 0 Å². The third-order valence-corrected chi connectivity index (χ3v) is 6.11. The van der Waals surface area contributed by atoms with Crippen LogP contribution in [-0.4, -0.2) is 21.8 Å². The quantitative estimate of drug-likeness (QED) is 0.679. The highest BCUT2D eigenvalue weighted by atomic mass is 19.1. The lowest BCUT2D eigenvalue weighted by atomic mass is 9.76. The average Bonchev–Trinajstić information content (AvgIpc) is 3.14. The number of carbonyl (C=O) groups excluding carboxylic acids is 1. The van der Waals surface area contributed by atoms with E-state index in [1.165, 1.54) is 12.1 Å². The van der Waals surface area contributed by atoms with Gasteiger partial charge in [0.1, 0.15) is 17.2 Å². The molecule has 1 aliphatic carbocycles. The minimum Gasteiger partial charge on any atom is -0.339 e. The maximum atomic E-state index is 13.2. The summed E-state index contributed by atoms with van der Waals surface area (Å²) in [5.74, 6) is 0.719. The first-order valence-electron chi connectivity index (χ1n) is 10.0. The summed E-state index contributed by atoms with van der Waals surface area (Å²) in [4.78, 5) is 20.6. The molecule has 2 heterocycles. The molecule has 2 aromatic heterocycles. The van der Waals surface area contributed by atoms with Gasteiger partial charge < -0.3 is 10.7 Å². The molecule has 0 unspecified atom stereocenters. The SMILES string of the molecule is C[C@H](N)C1CCC(C(=O)Cc2ccnc3[nH]c(-c4ccc(F)cc4)cc23)CC1. The molecule has 1 saturated carbocycles. The number of nitrogens with one attached hydrogen (secondary N) is 1. The van der Waals surface area contributed by atoms with Crippen LogP contribution in [0.3, 0.4) is 0 Å². The molecule has 0 aliphatic heterocycles. The molecule has 3 aromatic rings. The van der Waals surface area contributed by atoms with Crippen molar-refractivity contribution in [1.29, 1.82) is 0 Å². The fourth-order valence-electron chi connectivity index (χ4n) is 4.32. The summed E-state index contributed by atoms with van der Waals surface area (Å²) in [5, 5.41) is 0.958. The Morgan fingerprint density at radius 1 is 1.21 bits per heavy atom. The molecular formula is C23H26FN3O. The number of hydrogen-bond donors (Lipinski definition) is 2. The van der Waals surface area contributed by atoms with Gasteiger partial charge in [0.15, 0.2) is 0 Å². The van der Waals surface area contributed by atoms with Gasteiger partial charge in [-0.15, -0.1) is 0 Å². The van der Waals surface area contributed by atoms with Gasteiger partial charge in [-0.3, -0.25) is 4.79 Å². The second-order valence-corrected chi connectivity index (χ2v) is 8.04. The number of pyridine rings is 1. The molecule has 0 radical (unpaired) electrons. The van der Waals surface area contributed by atoms with Crippen LogP contribution in [0, 0.1) is 17.7 Å². The Morgan fingerprint density at radius 2 is 1.93 bits per heavy atom. The van der Waals surface area contributed by atoms with Crippen LogP contribution in [0.5, 0.6) is 0 Å². The number of rotatable bonds is 5. The van der Waals surface area contributed by atoms with E-state index in [9.17, 15) is 9.18 Å². The molecule has 0 spiro atoms. The first kappa shape index (κ1) is 18.8. The number of H-pyrrole nitrogens is 1.